The minimum atomic E-state index is -0.345. The fourth-order valence-electron chi connectivity index (χ4n) is 3.56. The van der Waals surface area contributed by atoms with Gasteiger partial charge in [-0.25, -0.2) is 0 Å². The van der Waals surface area contributed by atoms with Crippen molar-refractivity contribution in [2.45, 2.75) is 45.3 Å². The average molecular weight is 364 g/mol. The Morgan fingerprint density at radius 3 is 2.56 bits per heavy atom. The third-order valence-corrected chi connectivity index (χ3v) is 6.00. The first kappa shape index (κ1) is 18.2. The number of nitrogens with zero attached hydrogens (tertiary/aromatic N) is 2. The largest absolute Gasteiger partial charge is 0.490 e. The van der Waals surface area contributed by atoms with Gasteiger partial charge in [-0.2, -0.15) is 0 Å². The molecule has 2 aliphatic rings. The topological polar surface area (TPSA) is 51.7 Å². The quantitative estimate of drug-likeness (QED) is 0.764. The van der Waals surface area contributed by atoms with Crippen LogP contribution in [0.5, 0.6) is 0 Å². The maximum absolute atomic E-state index is 13.1. The molecule has 0 spiro atoms. The number of pyridine rings is 1. The van der Waals surface area contributed by atoms with Crippen molar-refractivity contribution in [2.24, 2.45) is 0 Å². The molecule has 0 aliphatic carbocycles. The number of hydrogen-bond acceptors (Lipinski definition) is 4. The third kappa shape index (κ3) is 3.17. The molecule has 0 saturated carbocycles. The van der Waals surface area contributed by atoms with E-state index >= 15 is 0 Å². The van der Waals surface area contributed by atoms with Gasteiger partial charge in [0.1, 0.15) is 0 Å². The molecule has 1 aromatic heterocycles. The molecule has 6 heteroatoms. The normalized spacial score (nSPS) is 21.4. The number of aromatic nitrogens is 1. The van der Waals surface area contributed by atoms with E-state index in [2.05, 4.69) is 38.8 Å². The van der Waals surface area contributed by atoms with Gasteiger partial charge in [0.25, 0.3) is 5.91 Å². The monoisotopic (exact) mass is 364 g/mol. The summed E-state index contributed by atoms with van der Waals surface area (Å²) in [7, 11) is -0.323. The maximum Gasteiger partial charge on any atom is 0.490 e. The number of fused-ring (bicyclic) bond motifs is 1. The van der Waals surface area contributed by atoms with Crippen LogP contribution in [0.1, 0.15) is 44.5 Å². The molecular weight excluding hydrogens is 339 g/mol. The Balaban J connectivity index is 1.51. The van der Waals surface area contributed by atoms with E-state index in [4.69, 9.17) is 9.31 Å². The van der Waals surface area contributed by atoms with Gasteiger partial charge in [-0.3, -0.25) is 9.78 Å². The van der Waals surface area contributed by atoms with Crippen LogP contribution in [0, 0.1) is 0 Å². The minimum absolute atomic E-state index is 0.0519. The van der Waals surface area contributed by atoms with Gasteiger partial charge in [0.2, 0.25) is 0 Å². The first-order valence-electron chi connectivity index (χ1n) is 9.45. The highest BCUT2D eigenvalue weighted by atomic mass is 16.7. The predicted octanol–water partition coefficient (Wildman–Crippen LogP) is 3.64. The molecule has 0 atom stereocenters. The highest BCUT2D eigenvalue weighted by molar-refractivity contribution is 6.54. The summed E-state index contributed by atoms with van der Waals surface area (Å²) in [6, 6.07) is 7.68. The summed E-state index contributed by atoms with van der Waals surface area (Å²) in [6.45, 7) is 9.46. The summed E-state index contributed by atoms with van der Waals surface area (Å²) < 4.78 is 12.3. The SMILES string of the molecule is CC1(C)OB(C2=CCN(C(=O)c3cccc4cnccc34)CC2)OC1(C)C. The minimum Gasteiger partial charge on any atom is -0.400 e. The second kappa shape index (κ2) is 6.46. The van der Waals surface area contributed by atoms with Gasteiger partial charge in [0, 0.05) is 36.4 Å². The standard InChI is InChI=1S/C21H25BN2O3/c1-20(2)21(3,4)27-22(26-20)16-9-12-24(13-10-16)19(25)18-7-5-6-15-14-23-11-8-17(15)18/h5-9,11,14H,10,12-13H2,1-4H3. The molecule has 3 heterocycles. The van der Waals surface area contributed by atoms with Gasteiger partial charge in [-0.1, -0.05) is 18.2 Å². The predicted molar refractivity (Wildman–Crippen MR) is 106 cm³/mol. The fraction of sp³-hybridized carbons (Fsp3) is 0.429. The lowest BCUT2D eigenvalue weighted by Gasteiger charge is -2.32. The molecule has 0 unspecified atom stereocenters. The van der Waals surface area contributed by atoms with Gasteiger partial charge < -0.3 is 14.2 Å². The number of carbonyl (C=O) groups excluding carboxylic acids is 1. The molecule has 1 amide bonds. The van der Waals surface area contributed by atoms with Crippen LogP contribution in [0.2, 0.25) is 0 Å². The number of hydrogen-bond donors (Lipinski definition) is 0. The molecule has 0 bridgehead atoms. The fourth-order valence-corrected chi connectivity index (χ4v) is 3.56. The first-order chi connectivity index (χ1) is 12.8. The molecule has 140 valence electrons. The van der Waals surface area contributed by atoms with Crippen molar-refractivity contribution in [1.82, 2.24) is 9.88 Å². The molecule has 27 heavy (non-hydrogen) atoms. The Hall–Kier alpha value is -2.18. The van der Waals surface area contributed by atoms with Crippen LogP contribution in [0.15, 0.2) is 48.2 Å². The van der Waals surface area contributed by atoms with Crippen molar-refractivity contribution < 1.29 is 14.1 Å². The summed E-state index contributed by atoms with van der Waals surface area (Å²) in [5.74, 6) is 0.0519. The summed E-state index contributed by atoms with van der Waals surface area (Å²) in [6.07, 6.45) is 6.36. The molecule has 2 aliphatic heterocycles. The molecule has 1 fully saturated rings. The summed E-state index contributed by atoms with van der Waals surface area (Å²) in [5.41, 5.74) is 1.16. The zero-order valence-electron chi connectivity index (χ0n) is 16.4. The van der Waals surface area contributed by atoms with E-state index in [-0.39, 0.29) is 24.2 Å². The second-order valence-electron chi connectivity index (χ2n) is 8.27. The van der Waals surface area contributed by atoms with Crippen molar-refractivity contribution in [3.63, 3.8) is 0 Å². The second-order valence-corrected chi connectivity index (χ2v) is 8.27. The lowest BCUT2D eigenvalue weighted by molar-refractivity contribution is 0.00578. The number of rotatable bonds is 2. The molecule has 0 N–H and O–H groups in total. The van der Waals surface area contributed by atoms with Crippen molar-refractivity contribution in [2.75, 3.05) is 13.1 Å². The molecule has 4 rings (SSSR count). The van der Waals surface area contributed by atoms with Crippen LogP contribution < -0.4 is 0 Å². The molecule has 5 nitrogen and oxygen atoms in total. The van der Waals surface area contributed by atoms with Gasteiger partial charge in [-0.15, -0.1) is 0 Å². The van der Waals surface area contributed by atoms with Crippen LogP contribution >= 0.6 is 0 Å². The van der Waals surface area contributed by atoms with Crippen LogP contribution in [0.25, 0.3) is 10.8 Å². The van der Waals surface area contributed by atoms with Crippen LogP contribution in [0.3, 0.4) is 0 Å². The maximum atomic E-state index is 13.1. The zero-order valence-corrected chi connectivity index (χ0v) is 16.4. The van der Waals surface area contributed by atoms with Gasteiger partial charge >= 0.3 is 7.12 Å². The smallest absolute Gasteiger partial charge is 0.400 e. The Morgan fingerprint density at radius 2 is 1.89 bits per heavy atom. The molecule has 1 saturated heterocycles. The summed E-state index contributed by atoms with van der Waals surface area (Å²) in [5, 5.41) is 1.92. The highest BCUT2D eigenvalue weighted by Crippen LogP contribution is 2.39. The lowest BCUT2D eigenvalue weighted by atomic mass is 9.74. The van der Waals surface area contributed by atoms with Crippen LogP contribution in [-0.2, 0) is 9.31 Å². The van der Waals surface area contributed by atoms with Crippen molar-refractivity contribution >= 4 is 23.8 Å². The lowest BCUT2D eigenvalue weighted by Crippen LogP contribution is -2.41. The Morgan fingerprint density at radius 1 is 1.15 bits per heavy atom. The molecule has 1 aromatic carbocycles. The van der Waals surface area contributed by atoms with Crippen molar-refractivity contribution in [1.29, 1.82) is 0 Å². The highest BCUT2D eigenvalue weighted by Gasteiger charge is 2.52. The van der Waals surface area contributed by atoms with E-state index in [9.17, 15) is 4.79 Å². The molecule has 0 radical (unpaired) electrons. The van der Waals surface area contributed by atoms with E-state index < -0.39 is 0 Å². The van der Waals surface area contributed by atoms with Crippen molar-refractivity contribution in [3.05, 3.63) is 53.8 Å². The zero-order chi connectivity index (χ0) is 19.2. The summed E-state index contributed by atoms with van der Waals surface area (Å²) >= 11 is 0. The van der Waals surface area contributed by atoms with Crippen LogP contribution in [-0.4, -0.2) is 47.2 Å². The Labute approximate surface area is 160 Å². The van der Waals surface area contributed by atoms with Gasteiger partial charge in [0.15, 0.2) is 0 Å². The Bertz CT molecular complexity index is 901. The van der Waals surface area contributed by atoms with E-state index in [1.54, 1.807) is 12.4 Å². The van der Waals surface area contributed by atoms with E-state index in [0.717, 1.165) is 28.2 Å². The summed E-state index contributed by atoms with van der Waals surface area (Å²) in [4.78, 5) is 19.1. The van der Waals surface area contributed by atoms with Crippen LogP contribution in [0.4, 0.5) is 0 Å². The average Bonchev–Trinajstić information content (AvgIpc) is 2.88. The molecular formula is C21H25BN2O3. The number of carbonyl (C=O) groups is 1. The van der Waals surface area contributed by atoms with Crippen molar-refractivity contribution in [3.8, 4) is 0 Å². The third-order valence-electron chi connectivity index (χ3n) is 6.00. The van der Waals surface area contributed by atoms with E-state index in [1.807, 2.05) is 29.2 Å². The van der Waals surface area contributed by atoms with E-state index in [1.165, 1.54) is 0 Å². The number of benzene rings is 1. The Kier molecular flexibility index (Phi) is 4.36. The molecule has 2 aromatic rings. The number of amides is 1. The first-order valence-corrected chi connectivity index (χ1v) is 9.45. The van der Waals surface area contributed by atoms with Gasteiger partial charge in [-0.05, 0) is 57.1 Å². The van der Waals surface area contributed by atoms with E-state index in [0.29, 0.717) is 13.1 Å². The van der Waals surface area contributed by atoms with Gasteiger partial charge in [0.05, 0.1) is 11.2 Å².